The summed E-state index contributed by atoms with van der Waals surface area (Å²) in [5.74, 6) is -1.60. The van der Waals surface area contributed by atoms with Crippen molar-refractivity contribution in [2.24, 2.45) is 11.8 Å². The van der Waals surface area contributed by atoms with Gasteiger partial charge in [-0.2, -0.15) is 0 Å². The summed E-state index contributed by atoms with van der Waals surface area (Å²) < 4.78 is 10.0. The number of carbonyl (C=O) groups is 6. The number of amides is 4. The molecule has 4 aliphatic rings. The highest BCUT2D eigenvalue weighted by atomic mass is 32.2. The number of ether oxygens (including phenoxy) is 2. The molecule has 0 unspecified atom stereocenters. The van der Waals surface area contributed by atoms with Crippen molar-refractivity contribution in [3.05, 3.63) is 35.9 Å². The molecule has 4 amide bonds. The second kappa shape index (κ2) is 17.8. The number of fused-ring (bicyclic) bond motifs is 2. The molecule has 4 heterocycles. The molecule has 4 saturated heterocycles. The molecule has 4 aliphatic heterocycles. The topological polar surface area (TPSA) is 151 Å². The molecule has 0 aliphatic carbocycles. The summed E-state index contributed by atoms with van der Waals surface area (Å²) in [6.07, 6.45) is 6.41. The molecule has 0 radical (unpaired) electrons. The van der Waals surface area contributed by atoms with Gasteiger partial charge in [-0.25, -0.2) is 9.59 Å². The molecule has 0 aromatic heterocycles. The predicted octanol–water partition coefficient (Wildman–Crippen LogP) is 3.27. The van der Waals surface area contributed by atoms with Crippen LogP contribution in [0, 0.1) is 11.8 Å². The lowest BCUT2D eigenvalue weighted by molar-refractivity contribution is -0.156. The van der Waals surface area contributed by atoms with Crippen molar-refractivity contribution in [2.45, 2.75) is 112 Å². The zero-order valence-electron chi connectivity index (χ0n) is 29.2. The quantitative estimate of drug-likeness (QED) is 0.325. The third-order valence-corrected chi connectivity index (χ3v) is 13.0. The second-order valence-electron chi connectivity index (χ2n) is 13.6. The standard InChI is InChI=1S/C36H50N4O8S2/c1-22(31(41)37-25-17-19-49-29-13-7-11-27(35(45)47-2)39(29)33(25)43)15-16-24(21-23-9-5-4-6-10-23)32(42)38-26-18-20-50-30-14-8-12-28(36(46)48-3)40(30)34(26)44/h4-6,9-10,22,24-30H,7-8,11-21H2,1-3H3,(H,37,41)(H,38,42)/t22-,24+,25-,26-,27-,28-,29-,30-/m0/s1. The third-order valence-electron chi connectivity index (χ3n) is 10.4. The lowest BCUT2D eigenvalue weighted by Crippen LogP contribution is -2.58. The fourth-order valence-corrected chi connectivity index (χ4v) is 10.3. The molecule has 0 spiro atoms. The van der Waals surface area contributed by atoms with E-state index in [2.05, 4.69) is 10.6 Å². The molecule has 0 saturated carbocycles. The number of hydrogen-bond acceptors (Lipinski definition) is 10. The average molecular weight is 731 g/mol. The Labute approximate surface area is 302 Å². The molecule has 1 aromatic rings. The van der Waals surface area contributed by atoms with Crippen molar-refractivity contribution in [1.82, 2.24) is 20.4 Å². The Hall–Kier alpha value is -3.26. The van der Waals surface area contributed by atoms with Crippen LogP contribution in [-0.4, -0.2) is 106 Å². The van der Waals surface area contributed by atoms with Crippen molar-refractivity contribution in [3.8, 4) is 0 Å². The van der Waals surface area contributed by atoms with E-state index in [1.165, 1.54) is 14.2 Å². The SMILES string of the molecule is COC(=O)[C@@H]1CCC[C@@H]2SCC[C@H](NC(=O)[C@H](CC[C@H](C)C(=O)N[C@H]3CCS[C@H]4CCC[C@@H](C(=O)OC)N4C3=O)Cc3ccccc3)C(=O)N21. The van der Waals surface area contributed by atoms with Gasteiger partial charge in [0.1, 0.15) is 24.2 Å². The molecule has 4 fully saturated rings. The minimum Gasteiger partial charge on any atom is -0.467 e. The van der Waals surface area contributed by atoms with Crippen molar-refractivity contribution in [2.75, 3.05) is 25.7 Å². The molecular weight excluding hydrogens is 681 g/mol. The molecule has 5 rings (SSSR count). The summed E-state index contributed by atoms with van der Waals surface area (Å²) in [6.45, 7) is 1.79. The van der Waals surface area contributed by atoms with E-state index in [1.807, 2.05) is 30.3 Å². The highest BCUT2D eigenvalue weighted by Gasteiger charge is 2.45. The maximum atomic E-state index is 14.0. The summed E-state index contributed by atoms with van der Waals surface area (Å²) in [5, 5.41) is 5.73. The highest BCUT2D eigenvalue weighted by molar-refractivity contribution is 8.00. The Kier molecular flexibility index (Phi) is 13.5. The van der Waals surface area contributed by atoms with Gasteiger partial charge in [0.2, 0.25) is 23.6 Å². The number of benzene rings is 1. The van der Waals surface area contributed by atoms with Crippen molar-refractivity contribution in [3.63, 3.8) is 0 Å². The summed E-state index contributed by atoms with van der Waals surface area (Å²) in [7, 11) is 2.65. The van der Waals surface area contributed by atoms with Crippen LogP contribution in [0.4, 0.5) is 0 Å². The first kappa shape index (κ1) is 38.0. The maximum absolute atomic E-state index is 14.0. The van der Waals surface area contributed by atoms with Crippen molar-refractivity contribution < 1.29 is 38.2 Å². The van der Waals surface area contributed by atoms with E-state index in [0.717, 1.165) is 31.2 Å². The van der Waals surface area contributed by atoms with E-state index >= 15 is 0 Å². The average Bonchev–Trinajstić information content (AvgIpc) is 3.39. The Morgan fingerprint density at radius 1 is 0.740 bits per heavy atom. The first-order valence-electron chi connectivity index (χ1n) is 17.8. The Balaban J connectivity index is 1.24. The minimum absolute atomic E-state index is 0.122. The number of carbonyl (C=O) groups excluding carboxylic acids is 6. The maximum Gasteiger partial charge on any atom is 0.328 e. The van der Waals surface area contributed by atoms with Crippen LogP contribution in [0.5, 0.6) is 0 Å². The van der Waals surface area contributed by atoms with Crippen LogP contribution in [-0.2, 0) is 44.7 Å². The lowest BCUT2D eigenvalue weighted by Gasteiger charge is -2.40. The van der Waals surface area contributed by atoms with Gasteiger partial charge in [-0.3, -0.25) is 19.2 Å². The molecule has 14 heteroatoms. The van der Waals surface area contributed by atoms with Gasteiger partial charge < -0.3 is 29.9 Å². The number of piperidine rings is 2. The van der Waals surface area contributed by atoms with Gasteiger partial charge in [0.05, 0.1) is 25.0 Å². The van der Waals surface area contributed by atoms with Crippen LogP contribution in [0.1, 0.15) is 76.7 Å². The minimum atomic E-state index is -0.768. The summed E-state index contributed by atoms with van der Waals surface area (Å²) in [5.41, 5.74) is 0.965. The molecule has 8 atom stereocenters. The van der Waals surface area contributed by atoms with E-state index in [-0.39, 0.29) is 34.4 Å². The molecule has 2 N–H and O–H groups in total. The van der Waals surface area contributed by atoms with E-state index in [1.54, 1.807) is 40.2 Å². The first-order valence-corrected chi connectivity index (χ1v) is 19.9. The Morgan fingerprint density at radius 3 is 1.74 bits per heavy atom. The normalized spacial score (nSPS) is 28.1. The molecule has 12 nitrogen and oxygen atoms in total. The number of methoxy groups -OCH3 is 2. The number of rotatable bonds is 11. The van der Waals surface area contributed by atoms with Gasteiger partial charge in [0, 0.05) is 11.8 Å². The molecular formula is C36H50N4O8S2. The van der Waals surface area contributed by atoms with Crippen LogP contribution >= 0.6 is 23.5 Å². The number of nitrogens with zero attached hydrogens (tertiary/aromatic N) is 2. The van der Waals surface area contributed by atoms with Crippen LogP contribution in [0.25, 0.3) is 0 Å². The summed E-state index contributed by atoms with van der Waals surface area (Å²) >= 11 is 3.27. The largest absolute Gasteiger partial charge is 0.467 e. The van der Waals surface area contributed by atoms with Gasteiger partial charge in [0.25, 0.3) is 0 Å². The molecule has 274 valence electrons. The van der Waals surface area contributed by atoms with Crippen molar-refractivity contribution in [1.29, 1.82) is 0 Å². The van der Waals surface area contributed by atoms with Crippen LogP contribution in [0.3, 0.4) is 0 Å². The van der Waals surface area contributed by atoms with Gasteiger partial charge in [-0.1, -0.05) is 37.3 Å². The third kappa shape index (κ3) is 8.96. The predicted molar refractivity (Wildman–Crippen MR) is 191 cm³/mol. The first-order chi connectivity index (χ1) is 24.1. The number of hydrogen-bond donors (Lipinski definition) is 2. The summed E-state index contributed by atoms with van der Waals surface area (Å²) in [6, 6.07) is 6.80. The second-order valence-corrected chi connectivity index (χ2v) is 16.2. The fraction of sp³-hybridized carbons (Fsp3) is 0.667. The van der Waals surface area contributed by atoms with E-state index in [4.69, 9.17) is 9.47 Å². The summed E-state index contributed by atoms with van der Waals surface area (Å²) in [4.78, 5) is 83.5. The van der Waals surface area contributed by atoms with Gasteiger partial charge in [-0.15, -0.1) is 23.5 Å². The number of nitrogens with one attached hydrogen (secondary N) is 2. The smallest absolute Gasteiger partial charge is 0.328 e. The van der Waals surface area contributed by atoms with Crippen LogP contribution in [0.2, 0.25) is 0 Å². The van der Waals surface area contributed by atoms with E-state index in [0.29, 0.717) is 56.5 Å². The molecule has 0 bridgehead atoms. The van der Waals surface area contributed by atoms with Crippen LogP contribution in [0.15, 0.2) is 30.3 Å². The Morgan fingerprint density at radius 2 is 1.24 bits per heavy atom. The molecule has 50 heavy (non-hydrogen) atoms. The zero-order valence-corrected chi connectivity index (χ0v) is 30.8. The van der Waals surface area contributed by atoms with E-state index < -0.39 is 47.9 Å². The zero-order chi connectivity index (χ0) is 35.8. The lowest BCUT2D eigenvalue weighted by atomic mass is 9.89. The number of thioether (sulfide) groups is 2. The highest BCUT2D eigenvalue weighted by Crippen LogP contribution is 2.36. The molecule has 1 aromatic carbocycles. The van der Waals surface area contributed by atoms with Gasteiger partial charge >= 0.3 is 11.9 Å². The van der Waals surface area contributed by atoms with Gasteiger partial charge in [-0.05, 0) is 87.7 Å². The monoisotopic (exact) mass is 730 g/mol. The van der Waals surface area contributed by atoms with Crippen LogP contribution < -0.4 is 10.6 Å². The number of esters is 2. The fourth-order valence-electron chi connectivity index (χ4n) is 7.51. The van der Waals surface area contributed by atoms with E-state index in [9.17, 15) is 28.8 Å². The van der Waals surface area contributed by atoms with Gasteiger partial charge in [0.15, 0.2) is 0 Å². The van der Waals surface area contributed by atoms with Crippen molar-refractivity contribution >= 4 is 59.1 Å². The Bertz CT molecular complexity index is 1400.